The molecule has 1 aromatic heterocycles. The van der Waals surface area contributed by atoms with Crippen LogP contribution in [-0.4, -0.2) is 34.6 Å². The zero-order chi connectivity index (χ0) is 28.1. The third-order valence-corrected chi connectivity index (χ3v) is 8.61. The molecule has 39 heavy (non-hydrogen) atoms. The highest BCUT2D eigenvalue weighted by Gasteiger charge is 2.30. The molecule has 0 bridgehead atoms. The van der Waals surface area contributed by atoms with Gasteiger partial charge in [0, 0.05) is 33.2 Å². The average molecular weight is 568 g/mol. The Morgan fingerprint density at radius 3 is 2.62 bits per heavy atom. The number of esters is 1. The second-order valence-electron chi connectivity index (χ2n) is 9.31. The number of carbonyl (C=O) groups is 3. The van der Waals surface area contributed by atoms with E-state index in [4.69, 9.17) is 4.74 Å². The van der Waals surface area contributed by atoms with Crippen LogP contribution in [0.5, 0.6) is 0 Å². The number of non-ortho nitro benzene ring substituents is 1. The lowest BCUT2D eigenvalue weighted by Crippen LogP contribution is -2.23. The third-order valence-electron chi connectivity index (χ3n) is 6.34. The highest BCUT2D eigenvalue weighted by molar-refractivity contribution is 8.00. The van der Waals surface area contributed by atoms with Crippen molar-refractivity contribution in [3.8, 4) is 0 Å². The summed E-state index contributed by atoms with van der Waals surface area (Å²) < 4.78 is 5.30. The summed E-state index contributed by atoms with van der Waals surface area (Å²) in [4.78, 5) is 50.7. The fourth-order valence-corrected chi connectivity index (χ4v) is 6.64. The summed E-state index contributed by atoms with van der Waals surface area (Å²) in [5, 5.41) is 16.6. The van der Waals surface area contributed by atoms with Crippen molar-refractivity contribution >= 4 is 57.3 Å². The van der Waals surface area contributed by atoms with E-state index in [2.05, 4.69) is 17.6 Å². The number of hydrogen-bond acceptors (Lipinski definition) is 8. The normalized spacial score (nSPS) is 15.1. The Balaban J connectivity index is 1.43. The maximum absolute atomic E-state index is 13.2. The number of thiophene rings is 1. The molecule has 2 unspecified atom stereocenters. The number of anilines is 2. The Morgan fingerprint density at radius 1 is 1.18 bits per heavy atom. The van der Waals surface area contributed by atoms with Crippen LogP contribution in [0.2, 0.25) is 0 Å². The van der Waals surface area contributed by atoms with E-state index in [9.17, 15) is 24.5 Å². The molecule has 0 saturated carbocycles. The van der Waals surface area contributed by atoms with Crippen molar-refractivity contribution in [2.75, 3.05) is 17.2 Å². The maximum Gasteiger partial charge on any atom is 0.341 e. The van der Waals surface area contributed by atoms with E-state index < -0.39 is 22.0 Å². The number of hydrogen-bond donors (Lipinski definition) is 2. The molecule has 0 spiro atoms. The smallest absolute Gasteiger partial charge is 0.341 e. The second kappa shape index (κ2) is 12.4. The number of benzene rings is 2. The summed E-state index contributed by atoms with van der Waals surface area (Å²) in [6, 6.07) is 12.4. The zero-order valence-electron chi connectivity index (χ0n) is 21.8. The van der Waals surface area contributed by atoms with E-state index >= 15 is 0 Å². The summed E-state index contributed by atoms with van der Waals surface area (Å²) in [6.07, 6.45) is 2.66. The van der Waals surface area contributed by atoms with Crippen molar-refractivity contribution in [1.82, 2.24) is 0 Å². The molecule has 0 saturated heterocycles. The molecule has 1 aliphatic rings. The first kappa shape index (κ1) is 28.3. The van der Waals surface area contributed by atoms with Crippen molar-refractivity contribution < 1.29 is 24.0 Å². The Bertz CT molecular complexity index is 1400. The van der Waals surface area contributed by atoms with Gasteiger partial charge in [-0.15, -0.1) is 23.1 Å². The van der Waals surface area contributed by atoms with Gasteiger partial charge in [0.15, 0.2) is 0 Å². The van der Waals surface area contributed by atoms with Gasteiger partial charge in [-0.25, -0.2) is 4.79 Å². The first-order valence-electron chi connectivity index (χ1n) is 12.6. The third kappa shape index (κ3) is 6.85. The molecule has 2 amide bonds. The topological polar surface area (TPSA) is 128 Å². The van der Waals surface area contributed by atoms with Crippen LogP contribution in [0, 0.1) is 16.0 Å². The summed E-state index contributed by atoms with van der Waals surface area (Å²) in [5.41, 5.74) is 2.19. The van der Waals surface area contributed by atoms with Gasteiger partial charge in [-0.3, -0.25) is 19.7 Å². The van der Waals surface area contributed by atoms with Crippen molar-refractivity contribution in [3.05, 3.63) is 80.2 Å². The molecule has 0 fully saturated rings. The van der Waals surface area contributed by atoms with Gasteiger partial charge in [0.05, 0.1) is 22.3 Å². The minimum absolute atomic E-state index is 0.0936. The predicted molar refractivity (Wildman–Crippen MR) is 153 cm³/mol. The Hall–Kier alpha value is -3.70. The monoisotopic (exact) mass is 567 g/mol. The fourth-order valence-electron chi connectivity index (χ4n) is 4.31. The maximum atomic E-state index is 13.2. The molecule has 11 heteroatoms. The number of nitrogens with zero attached hydrogens (tertiary/aromatic N) is 1. The van der Waals surface area contributed by atoms with Crippen molar-refractivity contribution in [2.45, 2.75) is 50.2 Å². The van der Waals surface area contributed by atoms with Crippen molar-refractivity contribution in [2.24, 2.45) is 5.92 Å². The number of thioether (sulfide) groups is 1. The van der Waals surface area contributed by atoms with Crippen LogP contribution in [0.1, 0.15) is 58.3 Å². The SMILES string of the molecule is CCOC(=O)c1c(NC(=O)C(C)Sc2cccc(NC(=O)c3ccc([N+](=O)[O-])cc3)c2)sc2c1CCC(C)C2. The fraction of sp³-hybridized carbons (Fsp3) is 0.321. The molecule has 9 nitrogen and oxygen atoms in total. The molecular weight excluding hydrogens is 538 g/mol. The quantitative estimate of drug-likeness (QED) is 0.134. The summed E-state index contributed by atoms with van der Waals surface area (Å²) in [6.45, 7) is 5.99. The minimum atomic E-state index is -0.523. The first-order chi connectivity index (χ1) is 18.7. The number of amides is 2. The van der Waals surface area contributed by atoms with E-state index in [0.717, 1.165) is 34.6 Å². The largest absolute Gasteiger partial charge is 0.462 e. The molecule has 4 rings (SSSR count). The highest BCUT2D eigenvalue weighted by atomic mass is 32.2. The number of carbonyl (C=O) groups excluding carboxylic acids is 3. The molecule has 204 valence electrons. The highest BCUT2D eigenvalue weighted by Crippen LogP contribution is 2.40. The number of ether oxygens (including phenoxy) is 1. The summed E-state index contributed by atoms with van der Waals surface area (Å²) >= 11 is 2.78. The number of nitro benzene ring substituents is 1. The molecule has 1 aliphatic carbocycles. The van der Waals surface area contributed by atoms with Gasteiger partial charge in [0.25, 0.3) is 11.6 Å². The molecule has 2 N–H and O–H groups in total. The van der Waals surface area contributed by atoms with Crippen LogP contribution < -0.4 is 10.6 Å². The summed E-state index contributed by atoms with van der Waals surface area (Å²) in [5.74, 6) is -0.521. The van der Waals surface area contributed by atoms with E-state index in [0.29, 0.717) is 22.2 Å². The molecule has 2 atom stereocenters. The predicted octanol–water partition coefficient (Wildman–Crippen LogP) is 6.33. The van der Waals surface area contributed by atoms with Gasteiger partial charge in [-0.05, 0) is 74.9 Å². The molecule has 3 aromatic rings. The number of rotatable bonds is 9. The Kier molecular flexibility index (Phi) is 9.03. The standard InChI is InChI=1S/C28H29N3O6S2/c1-4-37-28(34)24-22-13-8-16(2)14-23(22)39-27(24)30-25(32)17(3)38-21-7-5-6-19(15-21)29-26(33)18-9-11-20(12-10-18)31(35)36/h5-7,9-12,15-17H,4,8,13-14H2,1-3H3,(H,29,33)(H,30,32). The number of fused-ring (bicyclic) bond motifs is 1. The van der Waals surface area contributed by atoms with Crippen LogP contribution in [0.25, 0.3) is 0 Å². The first-order valence-corrected chi connectivity index (χ1v) is 14.3. The second-order valence-corrected chi connectivity index (χ2v) is 11.8. The van der Waals surface area contributed by atoms with Gasteiger partial charge in [0.2, 0.25) is 5.91 Å². The van der Waals surface area contributed by atoms with E-state index in [1.54, 1.807) is 32.0 Å². The van der Waals surface area contributed by atoms with E-state index in [1.807, 2.05) is 6.07 Å². The molecule has 1 heterocycles. The Labute approximate surface area is 234 Å². The van der Waals surface area contributed by atoms with Crippen molar-refractivity contribution in [1.29, 1.82) is 0 Å². The van der Waals surface area contributed by atoms with Crippen LogP contribution in [0.3, 0.4) is 0 Å². The average Bonchev–Trinajstić information content (AvgIpc) is 3.25. The Morgan fingerprint density at radius 2 is 1.92 bits per heavy atom. The van der Waals surface area contributed by atoms with Crippen LogP contribution in [-0.2, 0) is 22.4 Å². The van der Waals surface area contributed by atoms with E-state index in [1.165, 1.54) is 47.4 Å². The van der Waals surface area contributed by atoms with Gasteiger partial charge < -0.3 is 15.4 Å². The number of nitrogens with one attached hydrogen (secondary N) is 2. The van der Waals surface area contributed by atoms with Gasteiger partial charge in [-0.2, -0.15) is 0 Å². The number of nitro groups is 1. The lowest BCUT2D eigenvalue weighted by Gasteiger charge is -2.18. The van der Waals surface area contributed by atoms with Crippen LogP contribution in [0.15, 0.2) is 53.4 Å². The molecule has 2 aromatic carbocycles. The lowest BCUT2D eigenvalue weighted by molar-refractivity contribution is -0.384. The zero-order valence-corrected chi connectivity index (χ0v) is 23.4. The van der Waals surface area contributed by atoms with Crippen LogP contribution in [0.4, 0.5) is 16.4 Å². The van der Waals surface area contributed by atoms with Gasteiger partial charge in [0.1, 0.15) is 5.00 Å². The minimum Gasteiger partial charge on any atom is -0.462 e. The van der Waals surface area contributed by atoms with Crippen LogP contribution >= 0.6 is 23.1 Å². The van der Waals surface area contributed by atoms with E-state index in [-0.39, 0.29) is 23.8 Å². The van der Waals surface area contributed by atoms with Gasteiger partial charge in [-0.1, -0.05) is 13.0 Å². The summed E-state index contributed by atoms with van der Waals surface area (Å²) in [7, 11) is 0. The van der Waals surface area contributed by atoms with Crippen molar-refractivity contribution in [3.63, 3.8) is 0 Å². The van der Waals surface area contributed by atoms with Gasteiger partial charge >= 0.3 is 5.97 Å². The lowest BCUT2D eigenvalue weighted by atomic mass is 9.88. The molecule has 0 aliphatic heterocycles. The molecule has 0 radical (unpaired) electrons. The molecular formula is C28H29N3O6S2.